The molecule has 0 spiro atoms. The van der Waals surface area contributed by atoms with Gasteiger partial charge in [0.15, 0.2) is 0 Å². The molecule has 1 saturated heterocycles. The minimum Gasteiger partial charge on any atom is -0.490 e. The Bertz CT molecular complexity index is 525. The van der Waals surface area contributed by atoms with Crippen molar-refractivity contribution in [2.45, 2.75) is 65.0 Å². The van der Waals surface area contributed by atoms with Crippen LogP contribution >= 0.6 is 0 Å². The molecule has 1 amide bonds. The van der Waals surface area contributed by atoms with E-state index >= 15 is 0 Å². The van der Waals surface area contributed by atoms with Crippen LogP contribution in [0.15, 0.2) is 18.5 Å². The third-order valence-corrected chi connectivity index (χ3v) is 3.76. The molecule has 0 aromatic carbocycles. The van der Waals surface area contributed by atoms with Crippen molar-refractivity contribution in [3.63, 3.8) is 0 Å². The van der Waals surface area contributed by atoms with Gasteiger partial charge in [-0.1, -0.05) is 13.3 Å². The topological polar surface area (TPSA) is 51.7 Å². The first-order chi connectivity index (χ1) is 10.9. The average molecular weight is 320 g/mol. The molecule has 0 N–H and O–H groups in total. The first-order valence-electron chi connectivity index (χ1n) is 8.45. The third-order valence-electron chi connectivity index (χ3n) is 3.76. The van der Waals surface area contributed by atoms with Crippen molar-refractivity contribution in [3.05, 3.63) is 24.0 Å². The van der Waals surface area contributed by atoms with Crippen LogP contribution in [0.25, 0.3) is 0 Å². The summed E-state index contributed by atoms with van der Waals surface area (Å²) in [6, 6.07) is 2.10. The maximum Gasteiger partial charge on any atom is 0.410 e. The summed E-state index contributed by atoms with van der Waals surface area (Å²) in [6.07, 6.45) is 7.37. The molecule has 1 aromatic rings. The van der Waals surface area contributed by atoms with Gasteiger partial charge in [0.2, 0.25) is 0 Å². The maximum absolute atomic E-state index is 12.3. The van der Waals surface area contributed by atoms with Gasteiger partial charge < -0.3 is 14.4 Å². The summed E-state index contributed by atoms with van der Waals surface area (Å²) in [5.41, 5.74) is 0.712. The highest BCUT2D eigenvalue weighted by Gasteiger charge is 2.32. The molecule has 0 bridgehead atoms. The predicted molar refractivity (Wildman–Crippen MR) is 89.7 cm³/mol. The highest BCUT2D eigenvalue weighted by Crippen LogP contribution is 2.22. The van der Waals surface area contributed by atoms with Crippen molar-refractivity contribution >= 4 is 6.09 Å². The van der Waals surface area contributed by atoms with Gasteiger partial charge in [0.1, 0.15) is 18.0 Å². The standard InChI is InChI=1S/C18H28N2O3/c1-5-7-14-10-16(12-19-11-14)22-13-15-8-6-9-20(15)17(21)23-18(2,3)4/h10-12,15H,5-9,13H2,1-4H3/t15-/m1/s1. The van der Waals surface area contributed by atoms with E-state index in [-0.39, 0.29) is 12.1 Å². The highest BCUT2D eigenvalue weighted by atomic mass is 16.6. The van der Waals surface area contributed by atoms with E-state index in [4.69, 9.17) is 9.47 Å². The van der Waals surface area contributed by atoms with E-state index in [1.807, 2.05) is 33.0 Å². The zero-order valence-corrected chi connectivity index (χ0v) is 14.7. The number of carbonyl (C=O) groups excluding carboxylic acids is 1. The number of rotatable bonds is 5. The molecule has 5 nitrogen and oxygen atoms in total. The van der Waals surface area contributed by atoms with Gasteiger partial charge in [-0.2, -0.15) is 0 Å². The van der Waals surface area contributed by atoms with Gasteiger partial charge in [-0.15, -0.1) is 0 Å². The molecule has 2 heterocycles. The lowest BCUT2D eigenvalue weighted by Gasteiger charge is -2.28. The van der Waals surface area contributed by atoms with Crippen LogP contribution in [0.4, 0.5) is 4.79 Å². The summed E-state index contributed by atoms with van der Waals surface area (Å²) in [5, 5.41) is 0. The van der Waals surface area contributed by atoms with Crippen molar-refractivity contribution in [1.29, 1.82) is 0 Å². The molecule has 1 aliphatic rings. The summed E-state index contributed by atoms with van der Waals surface area (Å²) in [7, 11) is 0. The smallest absolute Gasteiger partial charge is 0.410 e. The van der Waals surface area contributed by atoms with Gasteiger partial charge >= 0.3 is 6.09 Å². The Hall–Kier alpha value is -1.78. The Kier molecular flexibility index (Phi) is 5.85. The van der Waals surface area contributed by atoms with Crippen LogP contribution in [0, 0.1) is 0 Å². The van der Waals surface area contributed by atoms with E-state index < -0.39 is 5.60 Å². The number of hydrogen-bond donors (Lipinski definition) is 0. The fraction of sp³-hybridized carbons (Fsp3) is 0.667. The van der Waals surface area contributed by atoms with Crippen molar-refractivity contribution < 1.29 is 14.3 Å². The molecule has 1 atom stereocenters. The Morgan fingerprint density at radius 2 is 2.17 bits per heavy atom. The van der Waals surface area contributed by atoms with E-state index in [0.29, 0.717) is 6.61 Å². The molecule has 1 fully saturated rings. The molecule has 0 aliphatic carbocycles. The number of pyridine rings is 1. The zero-order chi connectivity index (χ0) is 16.9. The first-order valence-corrected chi connectivity index (χ1v) is 8.45. The van der Waals surface area contributed by atoms with Crippen LogP contribution in [-0.4, -0.2) is 40.8 Å². The fourth-order valence-corrected chi connectivity index (χ4v) is 2.73. The molecule has 5 heteroatoms. The lowest BCUT2D eigenvalue weighted by molar-refractivity contribution is 0.0187. The van der Waals surface area contributed by atoms with E-state index in [1.165, 1.54) is 5.56 Å². The number of carbonyl (C=O) groups is 1. The van der Waals surface area contributed by atoms with Gasteiger partial charge in [-0.3, -0.25) is 4.98 Å². The highest BCUT2D eigenvalue weighted by molar-refractivity contribution is 5.69. The van der Waals surface area contributed by atoms with Gasteiger partial charge in [-0.25, -0.2) is 4.79 Å². The van der Waals surface area contributed by atoms with E-state index in [2.05, 4.69) is 11.9 Å². The summed E-state index contributed by atoms with van der Waals surface area (Å²) in [4.78, 5) is 18.3. The van der Waals surface area contributed by atoms with Gasteiger partial charge in [0.25, 0.3) is 0 Å². The number of aryl methyl sites for hydroxylation is 1. The number of hydrogen-bond acceptors (Lipinski definition) is 4. The summed E-state index contributed by atoms with van der Waals surface area (Å²) >= 11 is 0. The molecular formula is C18H28N2O3. The maximum atomic E-state index is 12.3. The molecule has 23 heavy (non-hydrogen) atoms. The molecular weight excluding hydrogens is 292 g/mol. The Balaban J connectivity index is 1.91. The van der Waals surface area contributed by atoms with Crippen molar-refractivity contribution in [3.8, 4) is 5.75 Å². The van der Waals surface area contributed by atoms with Crippen LogP contribution in [0.5, 0.6) is 5.75 Å². The second-order valence-corrected chi connectivity index (χ2v) is 7.06. The second kappa shape index (κ2) is 7.66. The summed E-state index contributed by atoms with van der Waals surface area (Å²) in [6.45, 7) is 9.02. The number of amides is 1. The lowest BCUT2D eigenvalue weighted by Crippen LogP contribution is -2.42. The number of likely N-dealkylation sites (tertiary alicyclic amines) is 1. The number of aromatic nitrogens is 1. The average Bonchev–Trinajstić information content (AvgIpc) is 2.93. The molecule has 0 saturated carbocycles. The summed E-state index contributed by atoms with van der Waals surface area (Å²) < 4.78 is 11.3. The quantitative estimate of drug-likeness (QED) is 0.828. The van der Waals surface area contributed by atoms with Gasteiger partial charge in [0, 0.05) is 12.7 Å². The minimum atomic E-state index is -0.469. The second-order valence-electron chi connectivity index (χ2n) is 7.06. The normalized spacial score (nSPS) is 18.1. The van der Waals surface area contributed by atoms with Gasteiger partial charge in [0.05, 0.1) is 12.2 Å². The van der Waals surface area contributed by atoms with E-state index in [0.717, 1.165) is 38.0 Å². The minimum absolute atomic E-state index is 0.0691. The predicted octanol–water partition coefficient (Wildman–Crippen LogP) is 3.81. The Morgan fingerprint density at radius 3 is 2.87 bits per heavy atom. The molecule has 1 aromatic heterocycles. The van der Waals surface area contributed by atoms with Crippen LogP contribution in [-0.2, 0) is 11.2 Å². The van der Waals surface area contributed by atoms with Crippen LogP contribution in [0.3, 0.4) is 0 Å². The zero-order valence-electron chi connectivity index (χ0n) is 14.7. The summed E-state index contributed by atoms with van der Waals surface area (Å²) in [5.74, 6) is 0.770. The Labute approximate surface area is 139 Å². The van der Waals surface area contributed by atoms with E-state index in [9.17, 15) is 4.79 Å². The van der Waals surface area contributed by atoms with Gasteiger partial charge in [-0.05, 0) is 51.7 Å². The molecule has 128 valence electrons. The van der Waals surface area contributed by atoms with Crippen LogP contribution in [0.1, 0.15) is 52.5 Å². The molecule has 2 rings (SSSR count). The van der Waals surface area contributed by atoms with Crippen molar-refractivity contribution in [2.75, 3.05) is 13.2 Å². The monoisotopic (exact) mass is 320 g/mol. The third kappa shape index (κ3) is 5.41. The first kappa shape index (κ1) is 17.6. The number of nitrogens with zero attached hydrogens (tertiary/aromatic N) is 2. The van der Waals surface area contributed by atoms with Crippen molar-refractivity contribution in [2.24, 2.45) is 0 Å². The SMILES string of the molecule is CCCc1cncc(OC[C@H]2CCCN2C(=O)OC(C)(C)C)c1. The van der Waals surface area contributed by atoms with Crippen LogP contribution in [0.2, 0.25) is 0 Å². The molecule has 1 aliphatic heterocycles. The Morgan fingerprint density at radius 1 is 1.39 bits per heavy atom. The molecule has 0 radical (unpaired) electrons. The van der Waals surface area contributed by atoms with E-state index in [1.54, 1.807) is 11.1 Å². The number of ether oxygens (including phenoxy) is 2. The fourth-order valence-electron chi connectivity index (χ4n) is 2.73. The molecule has 0 unspecified atom stereocenters. The van der Waals surface area contributed by atoms with Crippen LogP contribution < -0.4 is 4.74 Å². The largest absolute Gasteiger partial charge is 0.490 e. The lowest BCUT2D eigenvalue weighted by atomic mass is 10.2. The van der Waals surface area contributed by atoms with Crippen molar-refractivity contribution in [1.82, 2.24) is 9.88 Å².